The second kappa shape index (κ2) is 6.49. The fraction of sp³-hybridized carbons (Fsp3) is 0.333. The van der Waals surface area contributed by atoms with Crippen LogP contribution in [0.25, 0.3) is 0 Å². The Morgan fingerprint density at radius 2 is 1.96 bits per heavy atom. The lowest BCUT2D eigenvalue weighted by atomic mass is 10.3. The van der Waals surface area contributed by atoms with Crippen molar-refractivity contribution in [2.45, 2.75) is 30.5 Å². The molecule has 0 N–H and O–H groups in total. The van der Waals surface area contributed by atoms with Gasteiger partial charge >= 0.3 is 0 Å². The summed E-state index contributed by atoms with van der Waals surface area (Å²) in [6.45, 7) is 3.17. The molecule has 23 heavy (non-hydrogen) atoms. The third-order valence-electron chi connectivity index (χ3n) is 3.41. The van der Waals surface area contributed by atoms with Crippen molar-refractivity contribution < 1.29 is 22.1 Å². The minimum absolute atomic E-state index is 0.0922. The van der Waals surface area contributed by atoms with Gasteiger partial charge in [0.25, 0.3) is 0 Å². The first-order valence-electron chi connectivity index (χ1n) is 6.88. The maximum Gasteiger partial charge on any atom is 0.241 e. The smallest absolute Gasteiger partial charge is 0.241 e. The van der Waals surface area contributed by atoms with Gasteiger partial charge in [-0.2, -0.15) is 0 Å². The van der Waals surface area contributed by atoms with Gasteiger partial charge in [-0.1, -0.05) is 5.16 Å². The van der Waals surface area contributed by atoms with Crippen molar-refractivity contribution in [1.29, 1.82) is 0 Å². The van der Waals surface area contributed by atoms with Gasteiger partial charge in [0.1, 0.15) is 22.5 Å². The highest BCUT2D eigenvalue weighted by atomic mass is 32.2. The number of amides is 1. The number of carbonyl (C=O) groups excluding carboxylic acids is 1. The number of hydrogen-bond acceptors (Lipinski definition) is 5. The minimum atomic E-state index is -3.89. The Balaban J connectivity index is 2.15. The van der Waals surface area contributed by atoms with Gasteiger partial charge in [0.05, 0.1) is 11.4 Å². The van der Waals surface area contributed by atoms with Crippen LogP contribution in [0.3, 0.4) is 0 Å². The molecule has 1 heterocycles. The molecule has 1 unspecified atom stereocenters. The van der Waals surface area contributed by atoms with Crippen molar-refractivity contribution in [3.05, 3.63) is 47.6 Å². The standard InChI is InChI=1S/C15H17FN2O4S/c1-10-8-13(17-22-10)9-18(3)15(19)11(2)23(20,21)14-6-4-12(16)5-7-14/h4-8,11H,9H2,1-3H3. The van der Waals surface area contributed by atoms with Crippen molar-refractivity contribution >= 4 is 15.7 Å². The molecule has 1 aromatic carbocycles. The van der Waals surface area contributed by atoms with Crippen LogP contribution in [0.5, 0.6) is 0 Å². The van der Waals surface area contributed by atoms with E-state index in [0.29, 0.717) is 11.5 Å². The molecular weight excluding hydrogens is 323 g/mol. The lowest BCUT2D eigenvalue weighted by Gasteiger charge is -2.20. The summed E-state index contributed by atoms with van der Waals surface area (Å²) in [6, 6.07) is 6.06. The van der Waals surface area contributed by atoms with Gasteiger partial charge < -0.3 is 9.42 Å². The fourth-order valence-electron chi connectivity index (χ4n) is 2.08. The van der Waals surface area contributed by atoms with E-state index in [4.69, 9.17) is 4.52 Å². The van der Waals surface area contributed by atoms with E-state index in [1.54, 1.807) is 13.0 Å². The molecule has 1 aromatic heterocycles. The lowest BCUT2D eigenvalue weighted by molar-refractivity contribution is -0.129. The zero-order valence-corrected chi connectivity index (χ0v) is 13.8. The predicted molar refractivity (Wildman–Crippen MR) is 80.8 cm³/mol. The first-order chi connectivity index (χ1) is 10.7. The Hall–Kier alpha value is -2.22. The normalized spacial score (nSPS) is 12.9. The van der Waals surface area contributed by atoms with Crippen LogP contribution in [-0.4, -0.2) is 36.7 Å². The summed E-state index contributed by atoms with van der Waals surface area (Å²) in [5.41, 5.74) is 0.532. The van der Waals surface area contributed by atoms with E-state index < -0.39 is 26.8 Å². The first kappa shape index (κ1) is 17.1. The third kappa shape index (κ3) is 3.76. The van der Waals surface area contributed by atoms with Crippen LogP contribution in [0.1, 0.15) is 18.4 Å². The number of halogens is 1. The van der Waals surface area contributed by atoms with E-state index in [1.165, 1.54) is 18.9 Å². The molecule has 124 valence electrons. The van der Waals surface area contributed by atoms with E-state index in [2.05, 4.69) is 5.16 Å². The molecule has 0 radical (unpaired) electrons. The van der Waals surface area contributed by atoms with Gasteiger partial charge in [-0.15, -0.1) is 0 Å². The van der Waals surface area contributed by atoms with E-state index in [9.17, 15) is 17.6 Å². The Bertz CT molecular complexity index is 799. The molecule has 0 aliphatic heterocycles. The van der Waals surface area contributed by atoms with E-state index >= 15 is 0 Å². The molecule has 8 heteroatoms. The molecule has 0 bridgehead atoms. The molecule has 2 rings (SSSR count). The molecule has 1 atom stereocenters. The summed E-state index contributed by atoms with van der Waals surface area (Å²) >= 11 is 0. The summed E-state index contributed by atoms with van der Waals surface area (Å²) in [4.78, 5) is 13.5. The second-order valence-corrected chi connectivity index (χ2v) is 7.53. The molecule has 0 aliphatic rings. The third-order valence-corrected chi connectivity index (χ3v) is 5.47. The van der Waals surface area contributed by atoms with Crippen molar-refractivity contribution in [2.75, 3.05) is 7.05 Å². The zero-order valence-electron chi connectivity index (χ0n) is 13.0. The molecular formula is C15H17FN2O4S. The lowest BCUT2D eigenvalue weighted by Crippen LogP contribution is -2.39. The average molecular weight is 340 g/mol. The monoisotopic (exact) mass is 340 g/mol. The number of carbonyl (C=O) groups is 1. The van der Waals surface area contributed by atoms with Crippen molar-refractivity contribution in [3.63, 3.8) is 0 Å². The van der Waals surface area contributed by atoms with Gasteiger partial charge in [0.2, 0.25) is 5.91 Å². The Morgan fingerprint density at radius 1 is 1.35 bits per heavy atom. The van der Waals surface area contributed by atoms with Crippen molar-refractivity contribution in [1.82, 2.24) is 10.1 Å². The van der Waals surface area contributed by atoms with Gasteiger partial charge in [-0.05, 0) is 38.1 Å². The van der Waals surface area contributed by atoms with Crippen LogP contribution in [0, 0.1) is 12.7 Å². The number of nitrogens with zero attached hydrogens (tertiary/aromatic N) is 2. The van der Waals surface area contributed by atoms with Crippen LogP contribution >= 0.6 is 0 Å². The molecule has 0 aliphatic carbocycles. The molecule has 2 aromatic rings. The van der Waals surface area contributed by atoms with E-state index in [-0.39, 0.29) is 11.4 Å². The van der Waals surface area contributed by atoms with Gasteiger partial charge in [0, 0.05) is 13.1 Å². The van der Waals surface area contributed by atoms with E-state index in [0.717, 1.165) is 24.3 Å². The average Bonchev–Trinajstić information content (AvgIpc) is 2.91. The largest absolute Gasteiger partial charge is 0.361 e. The second-order valence-electron chi connectivity index (χ2n) is 5.26. The molecule has 0 fully saturated rings. The Morgan fingerprint density at radius 3 is 2.48 bits per heavy atom. The minimum Gasteiger partial charge on any atom is -0.361 e. The predicted octanol–water partition coefficient (Wildman–Crippen LogP) is 1.94. The number of hydrogen-bond donors (Lipinski definition) is 0. The van der Waals surface area contributed by atoms with E-state index in [1.807, 2.05) is 0 Å². The van der Waals surface area contributed by atoms with Crippen molar-refractivity contribution in [2.24, 2.45) is 0 Å². The summed E-state index contributed by atoms with van der Waals surface area (Å²) in [6.07, 6.45) is 0. The highest BCUT2D eigenvalue weighted by Gasteiger charge is 2.32. The molecule has 0 saturated heterocycles. The van der Waals surface area contributed by atoms with Crippen molar-refractivity contribution in [3.8, 4) is 0 Å². The Labute approximate surface area is 133 Å². The summed E-state index contributed by atoms with van der Waals surface area (Å²) < 4.78 is 42.7. The van der Waals surface area contributed by atoms with Crippen LogP contribution in [-0.2, 0) is 21.2 Å². The molecule has 0 spiro atoms. The number of aromatic nitrogens is 1. The quantitative estimate of drug-likeness (QED) is 0.777. The summed E-state index contributed by atoms with van der Waals surface area (Å²) in [5.74, 6) is -0.510. The van der Waals surface area contributed by atoms with Gasteiger partial charge in [0.15, 0.2) is 9.84 Å². The van der Waals surface area contributed by atoms with Gasteiger partial charge in [-0.3, -0.25) is 4.79 Å². The number of sulfone groups is 1. The SMILES string of the molecule is Cc1cc(CN(C)C(=O)C(C)S(=O)(=O)c2ccc(F)cc2)no1. The fourth-order valence-corrected chi connectivity index (χ4v) is 3.45. The molecule has 0 saturated carbocycles. The van der Waals surface area contributed by atoms with Crippen LogP contribution in [0.4, 0.5) is 4.39 Å². The van der Waals surface area contributed by atoms with Crippen LogP contribution < -0.4 is 0 Å². The maximum absolute atomic E-state index is 12.9. The van der Waals surface area contributed by atoms with Crippen LogP contribution in [0.15, 0.2) is 39.8 Å². The number of benzene rings is 1. The zero-order chi connectivity index (χ0) is 17.2. The molecule has 6 nitrogen and oxygen atoms in total. The topological polar surface area (TPSA) is 80.5 Å². The first-order valence-corrected chi connectivity index (χ1v) is 8.43. The highest BCUT2D eigenvalue weighted by Crippen LogP contribution is 2.18. The number of rotatable bonds is 5. The van der Waals surface area contributed by atoms with Crippen LogP contribution in [0.2, 0.25) is 0 Å². The summed E-state index contributed by atoms with van der Waals surface area (Å²) in [7, 11) is -2.40. The maximum atomic E-state index is 12.9. The molecule has 1 amide bonds. The van der Waals surface area contributed by atoms with Gasteiger partial charge in [-0.25, -0.2) is 12.8 Å². The summed E-state index contributed by atoms with van der Waals surface area (Å²) in [5, 5.41) is 2.48. The number of aryl methyl sites for hydroxylation is 1. The Kier molecular flexibility index (Phi) is 4.84. The highest BCUT2D eigenvalue weighted by molar-refractivity contribution is 7.92.